The van der Waals surface area contributed by atoms with Gasteiger partial charge in [-0.15, -0.1) is 0 Å². The van der Waals surface area contributed by atoms with Crippen LogP contribution in [0.5, 0.6) is 0 Å². The summed E-state index contributed by atoms with van der Waals surface area (Å²) in [6.07, 6.45) is 3.61. The fourth-order valence-corrected chi connectivity index (χ4v) is 6.64. The van der Waals surface area contributed by atoms with Crippen LogP contribution in [-0.2, 0) is 4.79 Å². The van der Waals surface area contributed by atoms with Crippen molar-refractivity contribution < 1.29 is 4.79 Å². The number of carbonyl (C=O) groups is 1. The van der Waals surface area contributed by atoms with Gasteiger partial charge in [-0.25, -0.2) is 0 Å². The Balaban J connectivity index is 1.92. The van der Waals surface area contributed by atoms with Gasteiger partial charge in [0.2, 0.25) is 0 Å². The summed E-state index contributed by atoms with van der Waals surface area (Å²) in [5.41, 5.74) is 8.63. The maximum absolute atomic E-state index is 12.8. The zero-order valence-electron chi connectivity index (χ0n) is 24.0. The van der Waals surface area contributed by atoms with Gasteiger partial charge in [-0.2, -0.15) is 0 Å². The van der Waals surface area contributed by atoms with Gasteiger partial charge < -0.3 is 9.62 Å². The summed E-state index contributed by atoms with van der Waals surface area (Å²) < 4.78 is 0. The monoisotopic (exact) mass is 486 g/mol. The summed E-state index contributed by atoms with van der Waals surface area (Å²) in [6, 6.07) is 13.8. The van der Waals surface area contributed by atoms with E-state index in [4.69, 9.17) is 0 Å². The minimum atomic E-state index is 0.212. The number of anilines is 2. The molecule has 1 saturated heterocycles. The van der Waals surface area contributed by atoms with Crippen LogP contribution in [0.1, 0.15) is 127 Å². The van der Waals surface area contributed by atoms with Crippen molar-refractivity contribution in [1.82, 2.24) is 0 Å². The van der Waals surface area contributed by atoms with Gasteiger partial charge in [0, 0.05) is 37.3 Å². The van der Waals surface area contributed by atoms with Gasteiger partial charge in [-0.05, 0) is 58.2 Å². The first-order chi connectivity index (χ1) is 17.1. The highest BCUT2D eigenvalue weighted by Crippen LogP contribution is 2.46. The Morgan fingerprint density at radius 2 is 1.08 bits per heavy atom. The smallest absolute Gasteiger partial charge is 0.379 e. The van der Waals surface area contributed by atoms with Crippen LogP contribution in [-0.4, -0.2) is 25.9 Å². The Labute approximate surface area is 220 Å². The first-order valence-electron chi connectivity index (χ1n) is 14.4. The number of hydrogen-bond donors (Lipinski definition) is 0. The van der Waals surface area contributed by atoms with Crippen molar-refractivity contribution in [2.24, 2.45) is 0 Å². The molecule has 2 aliphatic rings. The summed E-state index contributed by atoms with van der Waals surface area (Å²) in [7, 11) is 0. The van der Waals surface area contributed by atoms with Crippen LogP contribution in [0.4, 0.5) is 11.4 Å². The Hall–Kier alpha value is -2.23. The minimum Gasteiger partial charge on any atom is -0.394 e. The molecule has 0 bridgehead atoms. The van der Waals surface area contributed by atoms with Crippen molar-refractivity contribution in [3.8, 4) is 0 Å². The summed E-state index contributed by atoms with van der Waals surface area (Å²) in [6.45, 7) is 20.8. The number of ketones is 1. The Morgan fingerprint density at radius 3 is 1.42 bits per heavy atom. The molecule has 2 aromatic carbocycles. The van der Waals surface area contributed by atoms with E-state index in [1.807, 2.05) is 0 Å². The normalized spacial score (nSPS) is 19.1. The van der Waals surface area contributed by atoms with E-state index in [1.165, 1.54) is 33.6 Å². The van der Waals surface area contributed by atoms with Crippen LogP contribution in [0.3, 0.4) is 0 Å². The molecule has 1 aliphatic heterocycles. The third-order valence-corrected chi connectivity index (χ3v) is 8.42. The molecule has 4 heteroatoms. The molecule has 0 aromatic heterocycles. The second kappa shape index (κ2) is 11.0. The molecular formula is C32H47BN2O. The molecule has 2 fully saturated rings. The lowest BCUT2D eigenvalue weighted by molar-refractivity contribution is -0.120. The van der Waals surface area contributed by atoms with E-state index in [0.717, 1.165) is 32.4 Å². The highest BCUT2D eigenvalue weighted by molar-refractivity contribution is 6.70. The van der Waals surface area contributed by atoms with Gasteiger partial charge in [0.05, 0.1) is 0 Å². The molecule has 1 unspecified atom stereocenters. The van der Waals surface area contributed by atoms with E-state index in [1.54, 1.807) is 0 Å². The molecule has 4 rings (SSSR count). The lowest BCUT2D eigenvalue weighted by Gasteiger charge is -2.40. The van der Waals surface area contributed by atoms with Gasteiger partial charge in [-0.3, -0.25) is 4.79 Å². The number of rotatable bonds is 7. The van der Waals surface area contributed by atoms with Gasteiger partial charge in [0.15, 0.2) is 0 Å². The molecule has 1 heterocycles. The quantitative estimate of drug-likeness (QED) is 0.367. The van der Waals surface area contributed by atoms with E-state index in [0.29, 0.717) is 41.7 Å². The summed E-state index contributed by atoms with van der Waals surface area (Å²) in [5.74, 6) is 2.62. The molecule has 0 spiro atoms. The minimum absolute atomic E-state index is 0.212. The van der Waals surface area contributed by atoms with Crippen LogP contribution >= 0.6 is 0 Å². The predicted octanol–water partition coefficient (Wildman–Crippen LogP) is 8.51. The Kier molecular flexibility index (Phi) is 8.22. The maximum atomic E-state index is 12.8. The highest BCUT2D eigenvalue weighted by atomic mass is 16.1. The van der Waals surface area contributed by atoms with Gasteiger partial charge in [0.25, 0.3) is 0 Å². The number of nitrogens with zero attached hydrogens (tertiary/aromatic N) is 2. The molecule has 36 heavy (non-hydrogen) atoms. The van der Waals surface area contributed by atoms with Crippen LogP contribution in [0, 0.1) is 0 Å². The fourth-order valence-electron chi connectivity index (χ4n) is 6.64. The molecule has 1 aliphatic carbocycles. The van der Waals surface area contributed by atoms with Crippen molar-refractivity contribution in [3.05, 3.63) is 58.7 Å². The first-order valence-corrected chi connectivity index (χ1v) is 14.4. The van der Waals surface area contributed by atoms with Gasteiger partial charge in [0.1, 0.15) is 5.78 Å². The zero-order valence-corrected chi connectivity index (χ0v) is 24.0. The molecule has 0 radical (unpaired) electrons. The number of Topliss-reactive ketones (excluding diaryl/α,β-unsaturated/α-hetero) is 1. The fraction of sp³-hybridized carbons (Fsp3) is 0.594. The molecular weight excluding hydrogens is 439 g/mol. The Bertz CT molecular complexity index is 950. The number of benzene rings is 2. The average Bonchev–Trinajstić information content (AvgIpc) is 3.27. The molecule has 2 aromatic rings. The first kappa shape index (κ1) is 26.8. The van der Waals surface area contributed by atoms with Crippen LogP contribution in [0.2, 0.25) is 5.82 Å². The highest BCUT2D eigenvalue weighted by Gasteiger charge is 2.47. The standard InChI is InChI=1S/C32H47BN2O/c1-21(2)27-14-10-15-28(22(3)4)31(27)34-18-19-35(33(34)25-12-9-13-26(36)20-25)32-29(23(5)6)16-11-17-30(32)24(7)8/h10-11,14-17,21-25H,9,12-13,18-20H2,1-8H3. The van der Waals surface area contributed by atoms with Crippen LogP contribution < -0.4 is 9.62 Å². The van der Waals surface area contributed by atoms with E-state index < -0.39 is 0 Å². The molecule has 1 saturated carbocycles. The second-order valence-corrected chi connectivity index (χ2v) is 12.4. The third-order valence-electron chi connectivity index (χ3n) is 8.42. The van der Waals surface area contributed by atoms with E-state index in [2.05, 4.69) is 101 Å². The second-order valence-electron chi connectivity index (χ2n) is 12.4. The maximum Gasteiger partial charge on any atom is 0.379 e. The van der Waals surface area contributed by atoms with E-state index in [-0.39, 0.29) is 6.98 Å². The molecule has 194 valence electrons. The number of carbonyl (C=O) groups excluding carboxylic acids is 1. The average molecular weight is 487 g/mol. The topological polar surface area (TPSA) is 23.6 Å². The molecule has 3 nitrogen and oxygen atoms in total. The van der Waals surface area contributed by atoms with Crippen molar-refractivity contribution in [1.29, 1.82) is 0 Å². The lowest BCUT2D eigenvalue weighted by atomic mass is 9.54. The Morgan fingerprint density at radius 1 is 0.694 bits per heavy atom. The summed E-state index contributed by atoms with van der Waals surface area (Å²) >= 11 is 0. The van der Waals surface area contributed by atoms with Crippen LogP contribution in [0.15, 0.2) is 36.4 Å². The molecule has 0 amide bonds. The SMILES string of the molecule is CC(C)c1cccc(C(C)C)c1N1CCN(c2c(C(C)C)cccc2C(C)C)B1C1CCCC(=O)C1. The summed E-state index contributed by atoms with van der Waals surface area (Å²) in [4.78, 5) is 18.2. The van der Waals surface area contributed by atoms with Crippen molar-refractivity contribution >= 4 is 24.1 Å². The third kappa shape index (κ3) is 5.11. The predicted molar refractivity (Wildman–Crippen MR) is 157 cm³/mol. The number of hydrogen-bond acceptors (Lipinski definition) is 3. The summed E-state index contributed by atoms with van der Waals surface area (Å²) in [5, 5.41) is 0. The van der Waals surface area contributed by atoms with Gasteiger partial charge in [-0.1, -0.05) is 98.2 Å². The van der Waals surface area contributed by atoms with Crippen molar-refractivity contribution in [2.75, 3.05) is 22.7 Å². The van der Waals surface area contributed by atoms with E-state index >= 15 is 0 Å². The van der Waals surface area contributed by atoms with E-state index in [9.17, 15) is 4.79 Å². The van der Waals surface area contributed by atoms with Crippen molar-refractivity contribution in [3.63, 3.8) is 0 Å². The van der Waals surface area contributed by atoms with Crippen molar-refractivity contribution in [2.45, 2.75) is 111 Å². The number of para-hydroxylation sites is 2. The van der Waals surface area contributed by atoms with Gasteiger partial charge >= 0.3 is 6.98 Å². The zero-order chi connectivity index (χ0) is 26.1. The van der Waals surface area contributed by atoms with Crippen LogP contribution in [0.25, 0.3) is 0 Å². The lowest BCUT2D eigenvalue weighted by Crippen LogP contribution is -2.50. The molecule has 0 N–H and O–H groups in total. The molecule has 1 atom stereocenters. The largest absolute Gasteiger partial charge is 0.394 e.